The third-order valence-electron chi connectivity index (χ3n) is 3.00. The zero-order chi connectivity index (χ0) is 17.3. The standard InChI is InChI=1S/C15H8Cl2N2O2S3/c16-9-4-3-8(10(17)7-9)6-12-14(21)19(15(22)24-12)18-13(20)11-2-1-5-23-11/h1-7H,(H,18,20)/b12-6-. The highest BCUT2D eigenvalue weighted by Crippen LogP contribution is 2.33. The van der Waals surface area contributed by atoms with Gasteiger partial charge in [-0.1, -0.05) is 47.1 Å². The van der Waals surface area contributed by atoms with E-state index in [0.29, 0.717) is 25.4 Å². The molecular formula is C15H8Cl2N2O2S3. The molecule has 1 fully saturated rings. The summed E-state index contributed by atoms with van der Waals surface area (Å²) in [5.74, 6) is -0.784. The molecule has 1 aromatic carbocycles. The van der Waals surface area contributed by atoms with Crippen molar-refractivity contribution in [2.45, 2.75) is 0 Å². The van der Waals surface area contributed by atoms with Gasteiger partial charge < -0.3 is 0 Å². The van der Waals surface area contributed by atoms with Gasteiger partial charge in [-0.3, -0.25) is 15.0 Å². The zero-order valence-electron chi connectivity index (χ0n) is 11.8. The SMILES string of the molecule is O=C(NN1C(=O)/C(=C/c2ccc(Cl)cc2Cl)SC1=S)c1cccs1. The van der Waals surface area contributed by atoms with Crippen molar-refractivity contribution in [3.63, 3.8) is 0 Å². The van der Waals surface area contributed by atoms with Crippen LogP contribution in [0.5, 0.6) is 0 Å². The summed E-state index contributed by atoms with van der Waals surface area (Å²) in [5.41, 5.74) is 3.16. The molecule has 1 saturated heterocycles. The predicted molar refractivity (Wildman–Crippen MR) is 103 cm³/mol. The number of thiocarbonyl (C=S) groups is 1. The molecule has 0 bridgehead atoms. The number of hydrazine groups is 1. The Morgan fingerprint density at radius 3 is 2.75 bits per heavy atom. The largest absolute Gasteiger partial charge is 0.285 e. The second kappa shape index (κ2) is 7.25. The van der Waals surface area contributed by atoms with Crippen LogP contribution in [0, 0.1) is 0 Å². The van der Waals surface area contributed by atoms with Crippen LogP contribution in [0.1, 0.15) is 15.2 Å². The molecule has 0 spiro atoms. The number of nitrogens with zero attached hydrogens (tertiary/aromatic N) is 1. The van der Waals surface area contributed by atoms with Gasteiger partial charge in [0.05, 0.1) is 9.78 Å². The quantitative estimate of drug-likeness (QED) is 0.588. The fraction of sp³-hybridized carbons (Fsp3) is 0. The monoisotopic (exact) mass is 414 g/mol. The highest BCUT2D eigenvalue weighted by atomic mass is 35.5. The summed E-state index contributed by atoms with van der Waals surface area (Å²) in [6, 6.07) is 8.40. The average molecular weight is 415 g/mol. The molecule has 0 radical (unpaired) electrons. The normalized spacial score (nSPS) is 16.1. The molecule has 24 heavy (non-hydrogen) atoms. The minimum Gasteiger partial charge on any atom is -0.266 e. The molecule has 1 N–H and O–H groups in total. The molecule has 2 aromatic rings. The highest BCUT2D eigenvalue weighted by Gasteiger charge is 2.34. The van der Waals surface area contributed by atoms with E-state index in [0.717, 1.165) is 16.8 Å². The number of thioether (sulfide) groups is 1. The Bertz CT molecular complexity index is 866. The fourth-order valence-corrected chi connectivity index (χ4v) is 4.14. The molecule has 1 aromatic heterocycles. The number of nitrogens with one attached hydrogen (secondary N) is 1. The van der Waals surface area contributed by atoms with Gasteiger partial charge in [0.15, 0.2) is 4.32 Å². The maximum absolute atomic E-state index is 12.5. The van der Waals surface area contributed by atoms with Crippen molar-refractivity contribution in [3.05, 3.63) is 61.1 Å². The third-order valence-corrected chi connectivity index (χ3v) is 5.73. The topological polar surface area (TPSA) is 49.4 Å². The Kier molecular flexibility index (Phi) is 5.27. The van der Waals surface area contributed by atoms with Crippen molar-refractivity contribution in [3.8, 4) is 0 Å². The lowest BCUT2D eigenvalue weighted by molar-refractivity contribution is -0.123. The summed E-state index contributed by atoms with van der Waals surface area (Å²) in [6.45, 7) is 0. The summed E-state index contributed by atoms with van der Waals surface area (Å²) in [6.07, 6.45) is 1.62. The first-order chi connectivity index (χ1) is 11.5. The number of hydrogen-bond acceptors (Lipinski definition) is 5. The van der Waals surface area contributed by atoms with Gasteiger partial charge in [0.25, 0.3) is 11.8 Å². The van der Waals surface area contributed by atoms with Crippen molar-refractivity contribution >= 4 is 80.7 Å². The molecular weight excluding hydrogens is 407 g/mol. The first-order valence-electron chi connectivity index (χ1n) is 6.53. The molecule has 2 heterocycles. The molecule has 9 heteroatoms. The minimum atomic E-state index is -0.402. The first-order valence-corrected chi connectivity index (χ1v) is 9.39. The fourth-order valence-electron chi connectivity index (χ4n) is 1.89. The molecule has 1 aliphatic rings. The number of halogens is 2. The van der Waals surface area contributed by atoms with Crippen LogP contribution in [0.3, 0.4) is 0 Å². The number of carbonyl (C=O) groups is 2. The van der Waals surface area contributed by atoms with E-state index < -0.39 is 5.91 Å². The van der Waals surface area contributed by atoms with E-state index in [4.69, 9.17) is 35.4 Å². The number of amides is 2. The van der Waals surface area contributed by atoms with E-state index >= 15 is 0 Å². The van der Waals surface area contributed by atoms with E-state index in [-0.39, 0.29) is 10.2 Å². The Morgan fingerprint density at radius 1 is 1.29 bits per heavy atom. The lowest BCUT2D eigenvalue weighted by Crippen LogP contribution is -2.44. The second-order valence-electron chi connectivity index (χ2n) is 4.60. The smallest absolute Gasteiger partial charge is 0.266 e. The maximum atomic E-state index is 12.5. The average Bonchev–Trinajstić information content (AvgIpc) is 3.15. The van der Waals surface area contributed by atoms with Gasteiger partial charge in [-0.05, 0) is 47.4 Å². The summed E-state index contributed by atoms with van der Waals surface area (Å²) in [5, 5.41) is 3.78. The van der Waals surface area contributed by atoms with Crippen molar-refractivity contribution < 1.29 is 9.59 Å². The zero-order valence-corrected chi connectivity index (χ0v) is 15.7. The summed E-state index contributed by atoms with van der Waals surface area (Å²) >= 11 is 19.5. The van der Waals surface area contributed by atoms with E-state index in [1.165, 1.54) is 11.3 Å². The van der Waals surface area contributed by atoms with Crippen LogP contribution >= 0.6 is 58.5 Å². The van der Waals surface area contributed by atoms with Gasteiger partial charge in [0, 0.05) is 10.0 Å². The lowest BCUT2D eigenvalue weighted by atomic mass is 10.2. The van der Waals surface area contributed by atoms with Crippen molar-refractivity contribution in [1.29, 1.82) is 0 Å². The van der Waals surface area contributed by atoms with Crippen LogP contribution in [0.4, 0.5) is 0 Å². The van der Waals surface area contributed by atoms with Gasteiger partial charge >= 0.3 is 0 Å². The Balaban J connectivity index is 1.81. The molecule has 1 aliphatic heterocycles. The van der Waals surface area contributed by atoms with Crippen LogP contribution in [-0.4, -0.2) is 21.1 Å². The van der Waals surface area contributed by atoms with Gasteiger partial charge in [-0.2, -0.15) is 5.01 Å². The highest BCUT2D eigenvalue weighted by molar-refractivity contribution is 8.26. The lowest BCUT2D eigenvalue weighted by Gasteiger charge is -2.14. The number of hydrogen-bond donors (Lipinski definition) is 1. The van der Waals surface area contributed by atoms with Gasteiger partial charge in [-0.25, -0.2) is 0 Å². The minimum absolute atomic E-state index is 0.251. The molecule has 0 aliphatic carbocycles. The molecule has 0 unspecified atom stereocenters. The van der Waals surface area contributed by atoms with E-state index in [1.54, 1.807) is 41.8 Å². The number of rotatable bonds is 3. The third kappa shape index (κ3) is 3.65. The van der Waals surface area contributed by atoms with E-state index in [2.05, 4.69) is 5.43 Å². The van der Waals surface area contributed by atoms with Crippen LogP contribution in [0.25, 0.3) is 6.08 Å². The Hall–Kier alpha value is -1.38. The molecule has 2 amide bonds. The number of benzene rings is 1. The van der Waals surface area contributed by atoms with Gasteiger partial charge in [0.2, 0.25) is 0 Å². The second-order valence-corrected chi connectivity index (χ2v) is 8.07. The van der Waals surface area contributed by atoms with Crippen molar-refractivity contribution in [2.75, 3.05) is 0 Å². The van der Waals surface area contributed by atoms with Crippen LogP contribution in [0.15, 0.2) is 40.6 Å². The molecule has 0 saturated carbocycles. The molecule has 122 valence electrons. The van der Waals surface area contributed by atoms with Gasteiger partial charge in [-0.15, -0.1) is 11.3 Å². The van der Waals surface area contributed by atoms with E-state index in [9.17, 15) is 9.59 Å². The predicted octanol–water partition coefficient (Wildman–Crippen LogP) is 4.60. The molecule has 4 nitrogen and oxygen atoms in total. The summed E-state index contributed by atoms with van der Waals surface area (Å²) < 4.78 is 0.251. The Morgan fingerprint density at radius 2 is 2.08 bits per heavy atom. The summed E-state index contributed by atoms with van der Waals surface area (Å²) in [7, 11) is 0. The molecule has 0 atom stereocenters. The first kappa shape index (κ1) is 17.4. The van der Waals surface area contributed by atoms with Crippen LogP contribution in [-0.2, 0) is 4.79 Å². The molecule has 3 rings (SSSR count). The maximum Gasteiger partial charge on any atom is 0.285 e. The van der Waals surface area contributed by atoms with E-state index in [1.807, 2.05) is 0 Å². The van der Waals surface area contributed by atoms with Crippen molar-refractivity contribution in [1.82, 2.24) is 10.4 Å². The Labute approximate surface area is 161 Å². The van der Waals surface area contributed by atoms with Crippen molar-refractivity contribution in [2.24, 2.45) is 0 Å². The van der Waals surface area contributed by atoms with Gasteiger partial charge in [0.1, 0.15) is 0 Å². The van der Waals surface area contributed by atoms with Crippen LogP contribution in [0.2, 0.25) is 10.0 Å². The number of thiophene rings is 1. The number of carbonyl (C=O) groups excluding carboxylic acids is 2. The summed E-state index contributed by atoms with van der Waals surface area (Å²) in [4.78, 5) is 25.4. The van der Waals surface area contributed by atoms with Crippen LogP contribution < -0.4 is 5.43 Å².